The number of carbonyl (C=O) groups is 4. The first-order valence-corrected chi connectivity index (χ1v) is 28.6. The molecule has 1 saturated heterocycles. The van der Waals surface area contributed by atoms with Crippen molar-refractivity contribution in [1.29, 1.82) is 0 Å². The van der Waals surface area contributed by atoms with Gasteiger partial charge in [0.15, 0.2) is 24.6 Å². The molecule has 0 aromatic rings. The van der Waals surface area contributed by atoms with E-state index in [1.807, 2.05) is 0 Å². The molecule has 12 nitrogen and oxygen atoms in total. The van der Waals surface area contributed by atoms with Gasteiger partial charge >= 0.3 is 23.9 Å². The van der Waals surface area contributed by atoms with Gasteiger partial charge in [-0.05, 0) is 109 Å². The fraction of sp³-hybridized carbons (Fsp3) is 0.705. The topological polar surface area (TPSA) is 175 Å². The minimum absolute atomic E-state index is 0.0430. The fourth-order valence-corrected chi connectivity index (χ4v) is 8.10. The minimum Gasteiger partial charge on any atom is -0.479 e. The van der Waals surface area contributed by atoms with Crippen molar-refractivity contribution in [2.45, 2.75) is 263 Å². The highest BCUT2D eigenvalue weighted by atomic mass is 16.7. The zero-order chi connectivity index (χ0) is 53.3. The Morgan fingerprint density at radius 2 is 0.863 bits per heavy atom. The maximum Gasteiger partial charge on any atom is 0.335 e. The molecule has 1 aliphatic heterocycles. The number of hydrogen-bond donors (Lipinski definition) is 3. The quantitative estimate of drug-likeness (QED) is 0.0228. The van der Waals surface area contributed by atoms with Gasteiger partial charge in [0.25, 0.3) is 0 Å². The van der Waals surface area contributed by atoms with E-state index in [9.17, 15) is 34.5 Å². The number of aliphatic hydroxyl groups is 2. The maximum atomic E-state index is 13.1. The van der Waals surface area contributed by atoms with Crippen molar-refractivity contribution in [3.05, 3.63) is 85.1 Å². The molecule has 73 heavy (non-hydrogen) atoms. The Hall–Kier alpha value is -4.10. The van der Waals surface area contributed by atoms with Gasteiger partial charge in [-0.2, -0.15) is 0 Å². The number of aliphatic hydroxyl groups excluding tert-OH is 2. The first kappa shape index (κ1) is 66.9. The van der Waals surface area contributed by atoms with E-state index in [4.69, 9.17) is 23.7 Å². The largest absolute Gasteiger partial charge is 0.479 e. The summed E-state index contributed by atoms with van der Waals surface area (Å²) in [5.74, 6) is -3.19. The number of rotatable bonds is 47. The molecule has 0 bridgehead atoms. The maximum absolute atomic E-state index is 13.1. The molecule has 6 unspecified atom stereocenters. The van der Waals surface area contributed by atoms with Gasteiger partial charge in [0.05, 0.1) is 6.61 Å². The van der Waals surface area contributed by atoms with Crippen molar-refractivity contribution in [3.63, 3.8) is 0 Å². The van der Waals surface area contributed by atoms with Crippen LogP contribution in [0.1, 0.15) is 226 Å². The third kappa shape index (κ3) is 39.0. The van der Waals surface area contributed by atoms with E-state index in [-0.39, 0.29) is 25.9 Å². The number of carboxylic acid groups (broad SMARTS) is 1. The van der Waals surface area contributed by atoms with Crippen LogP contribution in [0, 0.1) is 0 Å². The molecular weight excluding hydrogens is 925 g/mol. The lowest BCUT2D eigenvalue weighted by atomic mass is 9.98. The summed E-state index contributed by atoms with van der Waals surface area (Å²) in [5, 5.41) is 31.4. The second-order valence-electron chi connectivity index (χ2n) is 19.2. The lowest BCUT2D eigenvalue weighted by molar-refractivity contribution is -0.301. The van der Waals surface area contributed by atoms with Gasteiger partial charge in [0, 0.05) is 19.3 Å². The van der Waals surface area contributed by atoms with Gasteiger partial charge in [-0.1, -0.05) is 183 Å². The highest BCUT2D eigenvalue weighted by Crippen LogP contribution is 2.26. The van der Waals surface area contributed by atoms with Crippen molar-refractivity contribution in [1.82, 2.24) is 0 Å². The SMILES string of the molecule is CC/C=C\C/C=C\C/C=C\CCCCCCCCCC(=O)OCC(COC1OC(C(=O)O)C(O)C(O)C1OC(=O)CCCCCCC/C=C\CCCCCC)OC(=O)CCCCC/C=C\C/C=C\C/C=C\CC. The van der Waals surface area contributed by atoms with E-state index in [1.165, 1.54) is 32.1 Å². The third-order valence-corrected chi connectivity index (χ3v) is 12.4. The van der Waals surface area contributed by atoms with Gasteiger partial charge in [0.1, 0.15) is 18.8 Å². The average Bonchev–Trinajstić information content (AvgIpc) is 3.37. The normalized spacial score (nSPS) is 18.9. The predicted octanol–water partition coefficient (Wildman–Crippen LogP) is 14.3. The van der Waals surface area contributed by atoms with Crippen LogP contribution in [0.4, 0.5) is 0 Å². The smallest absolute Gasteiger partial charge is 0.335 e. The Bertz CT molecular complexity index is 1590. The molecule has 0 saturated carbocycles. The van der Waals surface area contributed by atoms with Gasteiger partial charge in [0.2, 0.25) is 0 Å². The van der Waals surface area contributed by atoms with Crippen LogP contribution < -0.4 is 0 Å². The van der Waals surface area contributed by atoms with Crippen LogP contribution in [-0.4, -0.2) is 89.2 Å². The molecule has 1 aliphatic rings. The van der Waals surface area contributed by atoms with E-state index in [2.05, 4.69) is 106 Å². The van der Waals surface area contributed by atoms with Crippen molar-refractivity contribution < 1.29 is 58.2 Å². The molecule has 0 aromatic heterocycles. The molecule has 0 spiro atoms. The number of ether oxygens (including phenoxy) is 5. The minimum atomic E-state index is -1.91. The summed E-state index contributed by atoms with van der Waals surface area (Å²) in [5.41, 5.74) is 0. The van der Waals surface area contributed by atoms with Crippen molar-refractivity contribution >= 4 is 23.9 Å². The molecule has 12 heteroatoms. The number of carbonyl (C=O) groups excluding carboxylic acids is 3. The summed E-state index contributed by atoms with van der Waals surface area (Å²) in [7, 11) is 0. The van der Waals surface area contributed by atoms with Gasteiger partial charge in [-0.15, -0.1) is 0 Å². The predicted molar refractivity (Wildman–Crippen MR) is 294 cm³/mol. The number of carboxylic acids is 1. The molecule has 416 valence electrons. The molecule has 6 atom stereocenters. The standard InChI is InChI=1S/C61H100O12/c1-4-7-10-13-16-19-22-25-26-27-28-31-32-35-38-41-44-47-53(62)69-50-52(71-54(63)48-45-42-39-36-33-29-23-20-17-14-11-8-5-2)51-70-61-59(57(66)56(65)58(73-61)60(67)68)72-55(64)49-46-43-40-37-34-30-24-21-18-15-12-9-6-3/h7-8,10-11,16-17,19-21,24-26,29,33,52,56-59,61,65-66H,4-6,9,12-15,18,22-23,27-28,30-32,34-51H2,1-3H3,(H,67,68)/b10-7-,11-8-,19-16-,20-17-,24-21-,26-25-,33-29-. The van der Waals surface area contributed by atoms with E-state index in [0.29, 0.717) is 19.3 Å². The van der Waals surface area contributed by atoms with E-state index >= 15 is 0 Å². The van der Waals surface area contributed by atoms with Gasteiger partial charge in [-0.3, -0.25) is 14.4 Å². The first-order valence-electron chi connectivity index (χ1n) is 28.6. The van der Waals surface area contributed by atoms with Crippen molar-refractivity contribution in [2.24, 2.45) is 0 Å². The Morgan fingerprint density at radius 3 is 1.34 bits per heavy atom. The Labute approximate surface area is 441 Å². The summed E-state index contributed by atoms with van der Waals surface area (Å²) in [6.45, 7) is 5.70. The van der Waals surface area contributed by atoms with E-state index < -0.39 is 67.3 Å². The fourth-order valence-electron chi connectivity index (χ4n) is 8.10. The van der Waals surface area contributed by atoms with Gasteiger partial charge in [-0.25, -0.2) is 4.79 Å². The second kappa shape index (κ2) is 48.8. The molecule has 1 rings (SSSR count). The van der Waals surface area contributed by atoms with E-state index in [0.717, 1.165) is 135 Å². The molecule has 1 fully saturated rings. The zero-order valence-electron chi connectivity index (χ0n) is 45.6. The zero-order valence-corrected chi connectivity index (χ0v) is 45.6. The van der Waals surface area contributed by atoms with Crippen LogP contribution in [0.3, 0.4) is 0 Å². The van der Waals surface area contributed by atoms with Crippen LogP contribution in [0.25, 0.3) is 0 Å². The molecule has 0 aliphatic carbocycles. The van der Waals surface area contributed by atoms with Crippen LogP contribution in [0.5, 0.6) is 0 Å². The Balaban J connectivity index is 2.72. The second-order valence-corrected chi connectivity index (χ2v) is 19.2. The lowest BCUT2D eigenvalue weighted by Crippen LogP contribution is -2.61. The van der Waals surface area contributed by atoms with Crippen molar-refractivity contribution in [2.75, 3.05) is 13.2 Å². The lowest BCUT2D eigenvalue weighted by Gasteiger charge is -2.40. The first-order chi connectivity index (χ1) is 35.6. The highest BCUT2D eigenvalue weighted by Gasteiger charge is 2.50. The summed E-state index contributed by atoms with van der Waals surface area (Å²) in [4.78, 5) is 51.0. The van der Waals surface area contributed by atoms with Crippen LogP contribution in [0.15, 0.2) is 85.1 Å². The van der Waals surface area contributed by atoms with E-state index in [1.54, 1.807) is 0 Å². The monoisotopic (exact) mass is 1020 g/mol. The average molecular weight is 1030 g/mol. The highest BCUT2D eigenvalue weighted by molar-refractivity contribution is 5.74. The molecular formula is C61H100O12. The number of unbranched alkanes of at least 4 members (excludes halogenated alkanes) is 19. The van der Waals surface area contributed by atoms with Crippen LogP contribution in [0.2, 0.25) is 0 Å². The van der Waals surface area contributed by atoms with Gasteiger partial charge < -0.3 is 39.0 Å². The van der Waals surface area contributed by atoms with Crippen LogP contribution in [-0.2, 0) is 42.9 Å². The molecule has 3 N–H and O–H groups in total. The Kier molecular flexibility index (Phi) is 44.7. The third-order valence-electron chi connectivity index (χ3n) is 12.4. The number of aliphatic carboxylic acids is 1. The van der Waals surface area contributed by atoms with Crippen molar-refractivity contribution in [3.8, 4) is 0 Å². The Morgan fingerprint density at radius 1 is 0.466 bits per heavy atom. The number of allylic oxidation sites excluding steroid dienone is 14. The molecule has 0 amide bonds. The summed E-state index contributed by atoms with van der Waals surface area (Å²) in [6.07, 6.45) is 49.9. The summed E-state index contributed by atoms with van der Waals surface area (Å²) in [6, 6.07) is 0. The molecule has 0 aromatic carbocycles. The van der Waals surface area contributed by atoms with Crippen LogP contribution >= 0.6 is 0 Å². The number of esters is 3. The number of hydrogen-bond acceptors (Lipinski definition) is 11. The molecule has 1 heterocycles. The summed E-state index contributed by atoms with van der Waals surface area (Å²) < 4.78 is 28.3. The molecule has 0 radical (unpaired) electrons. The summed E-state index contributed by atoms with van der Waals surface area (Å²) >= 11 is 0.